The number of benzene rings is 2. The molecule has 7 nitrogen and oxygen atoms in total. The van der Waals surface area contributed by atoms with Crippen LogP contribution in [-0.4, -0.2) is 53.7 Å². The summed E-state index contributed by atoms with van der Waals surface area (Å²) in [4.78, 5) is 38.5. The minimum atomic E-state index is -0.814. The number of amides is 2. The highest BCUT2D eigenvalue weighted by Crippen LogP contribution is 2.44. The summed E-state index contributed by atoms with van der Waals surface area (Å²) in [7, 11) is 0. The summed E-state index contributed by atoms with van der Waals surface area (Å²) in [6, 6.07) is 16.5. The Labute approximate surface area is 205 Å². The van der Waals surface area contributed by atoms with E-state index in [4.69, 9.17) is 4.74 Å². The van der Waals surface area contributed by atoms with Crippen molar-refractivity contribution in [2.24, 2.45) is 11.3 Å². The lowest BCUT2D eigenvalue weighted by Crippen LogP contribution is -2.46. The second kappa shape index (κ2) is 9.36. The number of carbonyl (C=O) groups is 3. The second-order valence-corrected chi connectivity index (χ2v) is 10.2. The minimum absolute atomic E-state index is 0.00998. The summed E-state index contributed by atoms with van der Waals surface area (Å²) in [5.74, 6) is -0.554. The topological polar surface area (TPSA) is 95.9 Å². The maximum Gasteiger partial charge on any atom is 0.407 e. The first-order valence-corrected chi connectivity index (χ1v) is 12.5. The average Bonchev–Trinajstić information content (AvgIpc) is 3.42. The molecule has 1 aliphatic heterocycles. The van der Waals surface area contributed by atoms with E-state index >= 15 is 0 Å². The summed E-state index contributed by atoms with van der Waals surface area (Å²) in [5, 5.41) is 12.5. The van der Waals surface area contributed by atoms with Crippen LogP contribution in [0.25, 0.3) is 11.1 Å². The monoisotopic (exact) mass is 476 g/mol. The van der Waals surface area contributed by atoms with Crippen molar-refractivity contribution in [2.75, 3.05) is 19.7 Å². The van der Waals surface area contributed by atoms with Gasteiger partial charge in [0.15, 0.2) is 0 Å². The summed E-state index contributed by atoms with van der Waals surface area (Å²) >= 11 is 0. The fraction of sp³-hybridized carbons (Fsp3) is 0.464. The molecule has 2 fully saturated rings. The largest absolute Gasteiger partial charge is 0.481 e. The summed E-state index contributed by atoms with van der Waals surface area (Å²) < 4.78 is 5.62. The maximum absolute atomic E-state index is 12.7. The van der Waals surface area contributed by atoms with E-state index in [1.807, 2.05) is 31.2 Å². The lowest BCUT2D eigenvalue weighted by molar-refractivity contribution is -0.148. The van der Waals surface area contributed by atoms with Gasteiger partial charge in [-0.2, -0.15) is 0 Å². The van der Waals surface area contributed by atoms with Crippen molar-refractivity contribution in [3.05, 3.63) is 59.7 Å². The predicted octanol–water partition coefficient (Wildman–Crippen LogP) is 4.41. The Bertz CT molecular complexity index is 1100. The van der Waals surface area contributed by atoms with Gasteiger partial charge in [-0.15, -0.1) is 0 Å². The van der Waals surface area contributed by atoms with E-state index in [-0.39, 0.29) is 30.4 Å². The molecule has 2 aromatic carbocycles. The molecule has 3 aliphatic rings. The fourth-order valence-electron chi connectivity index (χ4n) is 5.90. The summed E-state index contributed by atoms with van der Waals surface area (Å²) in [5.41, 5.74) is 3.95. The Morgan fingerprint density at radius 1 is 1.06 bits per heavy atom. The van der Waals surface area contributed by atoms with Crippen LogP contribution in [0.2, 0.25) is 0 Å². The number of ether oxygens (including phenoxy) is 1. The van der Waals surface area contributed by atoms with Gasteiger partial charge in [0.2, 0.25) is 5.91 Å². The fourth-order valence-corrected chi connectivity index (χ4v) is 5.90. The van der Waals surface area contributed by atoms with Crippen LogP contribution in [0.1, 0.15) is 56.1 Å². The Hall–Kier alpha value is -3.35. The zero-order valence-electron chi connectivity index (χ0n) is 20.0. The van der Waals surface area contributed by atoms with E-state index < -0.39 is 17.5 Å². The molecule has 1 saturated carbocycles. The molecule has 2 aliphatic carbocycles. The Balaban J connectivity index is 1.07. The Morgan fingerprint density at radius 3 is 2.26 bits per heavy atom. The molecule has 2 N–H and O–H groups in total. The number of carboxylic acid groups (broad SMARTS) is 1. The van der Waals surface area contributed by atoms with E-state index in [1.165, 1.54) is 22.3 Å². The summed E-state index contributed by atoms with van der Waals surface area (Å²) in [6.45, 7) is 2.96. The zero-order chi connectivity index (χ0) is 24.6. The standard InChI is InChI=1S/C28H32N2O5/c1-2-28(26(32)33)11-12-30(17-28)25(31)15-18-13-19(14-18)29-27(34)35-16-24-22-9-5-3-7-20(22)21-8-4-6-10-23(21)24/h3-10,18-19,24H,2,11-17H2,1H3,(H,29,34)(H,32,33). The van der Waals surface area contributed by atoms with Crippen molar-refractivity contribution in [3.63, 3.8) is 0 Å². The third-order valence-electron chi connectivity index (χ3n) is 8.20. The Morgan fingerprint density at radius 2 is 1.69 bits per heavy atom. The number of alkyl carbamates (subject to hydrolysis) is 1. The zero-order valence-corrected chi connectivity index (χ0v) is 20.0. The molecule has 0 aromatic heterocycles. The molecular weight excluding hydrogens is 444 g/mol. The number of nitrogens with zero attached hydrogens (tertiary/aromatic N) is 1. The molecule has 0 bridgehead atoms. The van der Waals surface area contributed by atoms with Crippen molar-refractivity contribution >= 4 is 18.0 Å². The van der Waals surface area contributed by atoms with Crippen LogP contribution in [0.4, 0.5) is 4.79 Å². The Kier molecular flexibility index (Phi) is 6.26. The number of hydrogen-bond donors (Lipinski definition) is 2. The SMILES string of the molecule is CCC1(C(=O)O)CCN(C(=O)CC2CC(NC(=O)OCC3c4ccccc4-c4ccccc43)C2)C1. The van der Waals surface area contributed by atoms with Gasteiger partial charge in [-0.05, 0) is 53.9 Å². The predicted molar refractivity (Wildman–Crippen MR) is 131 cm³/mol. The molecule has 35 heavy (non-hydrogen) atoms. The number of fused-ring (bicyclic) bond motifs is 3. The third kappa shape index (κ3) is 4.40. The van der Waals surface area contributed by atoms with Gasteiger partial charge >= 0.3 is 12.1 Å². The van der Waals surface area contributed by atoms with E-state index in [1.54, 1.807) is 4.90 Å². The highest BCUT2D eigenvalue weighted by atomic mass is 16.5. The highest BCUT2D eigenvalue weighted by molar-refractivity contribution is 5.81. The number of carboxylic acids is 1. The van der Waals surface area contributed by atoms with E-state index in [9.17, 15) is 19.5 Å². The molecule has 1 unspecified atom stereocenters. The van der Waals surface area contributed by atoms with Gasteiger partial charge in [0.1, 0.15) is 6.61 Å². The number of aliphatic carboxylic acids is 1. The lowest BCUT2D eigenvalue weighted by Gasteiger charge is -2.36. The second-order valence-electron chi connectivity index (χ2n) is 10.2. The average molecular weight is 477 g/mol. The molecule has 0 spiro atoms. The van der Waals surface area contributed by atoms with Crippen molar-refractivity contribution in [1.82, 2.24) is 10.2 Å². The number of carbonyl (C=O) groups excluding carboxylic acids is 2. The third-order valence-corrected chi connectivity index (χ3v) is 8.20. The van der Waals surface area contributed by atoms with Crippen molar-refractivity contribution in [1.29, 1.82) is 0 Å². The van der Waals surface area contributed by atoms with Gasteiger partial charge in [0, 0.05) is 31.5 Å². The van der Waals surface area contributed by atoms with E-state index in [0.717, 1.165) is 12.8 Å². The quantitative estimate of drug-likeness (QED) is 0.617. The molecule has 7 heteroatoms. The van der Waals surface area contributed by atoms with Crippen LogP contribution < -0.4 is 5.32 Å². The van der Waals surface area contributed by atoms with Crippen LogP contribution in [0, 0.1) is 11.3 Å². The smallest absolute Gasteiger partial charge is 0.407 e. The first-order valence-electron chi connectivity index (χ1n) is 12.5. The molecule has 2 aromatic rings. The minimum Gasteiger partial charge on any atom is -0.481 e. The van der Waals surface area contributed by atoms with E-state index in [0.29, 0.717) is 32.4 Å². The van der Waals surface area contributed by atoms with Crippen LogP contribution in [0.3, 0.4) is 0 Å². The van der Waals surface area contributed by atoms with Crippen LogP contribution in [0.15, 0.2) is 48.5 Å². The van der Waals surface area contributed by atoms with Crippen LogP contribution >= 0.6 is 0 Å². The van der Waals surface area contributed by atoms with Crippen molar-refractivity contribution < 1.29 is 24.2 Å². The molecule has 1 heterocycles. The normalized spacial score (nSPS) is 24.9. The molecule has 1 atom stereocenters. The maximum atomic E-state index is 12.7. The van der Waals surface area contributed by atoms with Gasteiger partial charge in [0.05, 0.1) is 5.41 Å². The first-order chi connectivity index (χ1) is 16.9. The molecule has 1 saturated heterocycles. The molecule has 2 amide bonds. The van der Waals surface area contributed by atoms with Gasteiger partial charge in [-0.1, -0.05) is 55.5 Å². The van der Waals surface area contributed by atoms with Crippen molar-refractivity contribution in [3.8, 4) is 11.1 Å². The lowest BCUT2D eigenvalue weighted by atomic mass is 9.78. The van der Waals surface area contributed by atoms with Gasteiger partial charge in [0.25, 0.3) is 0 Å². The summed E-state index contributed by atoms with van der Waals surface area (Å²) in [6.07, 6.45) is 2.50. The number of likely N-dealkylation sites (tertiary alicyclic amines) is 1. The van der Waals surface area contributed by atoms with E-state index in [2.05, 4.69) is 29.6 Å². The highest BCUT2D eigenvalue weighted by Gasteiger charge is 2.45. The van der Waals surface area contributed by atoms with Gasteiger partial charge in [-0.25, -0.2) is 4.79 Å². The number of rotatable bonds is 7. The first kappa shape index (κ1) is 23.4. The van der Waals surface area contributed by atoms with Crippen molar-refractivity contribution in [2.45, 2.75) is 51.0 Å². The van der Waals surface area contributed by atoms with Crippen LogP contribution in [-0.2, 0) is 14.3 Å². The number of nitrogens with one attached hydrogen (secondary N) is 1. The number of hydrogen-bond acceptors (Lipinski definition) is 4. The van der Waals surface area contributed by atoms with Gasteiger partial charge in [-0.3, -0.25) is 9.59 Å². The molecular formula is C28H32N2O5. The molecule has 184 valence electrons. The van der Waals surface area contributed by atoms with Gasteiger partial charge < -0.3 is 20.1 Å². The molecule has 5 rings (SSSR count). The van der Waals surface area contributed by atoms with Crippen LogP contribution in [0.5, 0.6) is 0 Å². The molecule has 0 radical (unpaired) electrons.